The van der Waals surface area contributed by atoms with Gasteiger partial charge in [-0.15, -0.1) is 0 Å². The number of sulfonamides is 1. The fourth-order valence-electron chi connectivity index (χ4n) is 2.24. The lowest BCUT2D eigenvalue weighted by Gasteiger charge is -2.23. The summed E-state index contributed by atoms with van der Waals surface area (Å²) < 4.78 is 46.4. The fraction of sp³-hybridized carbons (Fsp3) is 0.571. The molecule has 1 atom stereocenters. The van der Waals surface area contributed by atoms with Gasteiger partial charge in [-0.25, -0.2) is 17.5 Å². The number of benzene rings is 1. The molecule has 1 saturated heterocycles. The van der Waals surface area contributed by atoms with Crippen molar-refractivity contribution in [1.82, 2.24) is 10.0 Å². The molecule has 0 radical (unpaired) electrons. The standard InChI is InChI=1S/C14H21FN2O3S/c1-3-16-9-11-8-12(4-5-13(11)15)21(18,19)17-14(2)6-7-20-10-14/h4-5,8,16-17H,3,6-7,9-10H2,1-2H3. The number of rotatable bonds is 6. The van der Waals surface area contributed by atoms with Crippen molar-refractivity contribution in [2.45, 2.75) is 37.2 Å². The van der Waals surface area contributed by atoms with E-state index in [9.17, 15) is 12.8 Å². The van der Waals surface area contributed by atoms with E-state index in [2.05, 4.69) is 10.0 Å². The Hall–Kier alpha value is -1.02. The van der Waals surface area contributed by atoms with Crippen LogP contribution in [0.15, 0.2) is 23.1 Å². The molecule has 1 unspecified atom stereocenters. The van der Waals surface area contributed by atoms with Gasteiger partial charge in [0.05, 0.1) is 17.0 Å². The summed E-state index contributed by atoms with van der Waals surface area (Å²) in [5, 5.41) is 2.99. The predicted molar refractivity (Wildman–Crippen MR) is 77.9 cm³/mol. The van der Waals surface area contributed by atoms with E-state index in [0.29, 0.717) is 38.3 Å². The maximum absolute atomic E-state index is 13.7. The summed E-state index contributed by atoms with van der Waals surface area (Å²) in [5.41, 5.74) is -0.262. The number of halogens is 1. The van der Waals surface area contributed by atoms with Crippen molar-refractivity contribution in [3.63, 3.8) is 0 Å². The van der Waals surface area contributed by atoms with Gasteiger partial charge in [0.1, 0.15) is 5.82 Å². The van der Waals surface area contributed by atoms with Crippen LogP contribution in [0.5, 0.6) is 0 Å². The van der Waals surface area contributed by atoms with Crippen molar-refractivity contribution >= 4 is 10.0 Å². The van der Waals surface area contributed by atoms with Gasteiger partial charge in [-0.05, 0) is 38.1 Å². The Labute approximate surface area is 124 Å². The Morgan fingerprint density at radius 3 is 2.81 bits per heavy atom. The molecule has 1 aromatic carbocycles. The second-order valence-electron chi connectivity index (χ2n) is 5.50. The molecule has 1 heterocycles. The highest BCUT2D eigenvalue weighted by atomic mass is 32.2. The zero-order chi connectivity index (χ0) is 15.5. The van der Waals surface area contributed by atoms with E-state index < -0.39 is 21.4 Å². The molecular formula is C14H21FN2O3S. The van der Waals surface area contributed by atoms with Crippen LogP contribution in [0.2, 0.25) is 0 Å². The van der Waals surface area contributed by atoms with Gasteiger partial charge < -0.3 is 10.1 Å². The van der Waals surface area contributed by atoms with E-state index in [1.165, 1.54) is 18.2 Å². The van der Waals surface area contributed by atoms with E-state index in [1.807, 2.05) is 6.92 Å². The number of hydrogen-bond acceptors (Lipinski definition) is 4. The van der Waals surface area contributed by atoms with Crippen molar-refractivity contribution in [1.29, 1.82) is 0 Å². The highest BCUT2D eigenvalue weighted by Crippen LogP contribution is 2.22. The first kappa shape index (κ1) is 16.4. The molecule has 0 bridgehead atoms. The molecule has 0 spiro atoms. The van der Waals surface area contributed by atoms with E-state index >= 15 is 0 Å². The SMILES string of the molecule is CCNCc1cc(S(=O)(=O)NC2(C)CCOC2)ccc1F. The van der Waals surface area contributed by atoms with Gasteiger partial charge in [0.2, 0.25) is 10.0 Å². The predicted octanol–water partition coefficient (Wildman–Crippen LogP) is 1.39. The Balaban J connectivity index is 2.23. The van der Waals surface area contributed by atoms with Gasteiger partial charge in [0.25, 0.3) is 0 Å². The molecule has 1 aromatic rings. The molecule has 5 nitrogen and oxygen atoms in total. The van der Waals surface area contributed by atoms with E-state index in [1.54, 1.807) is 6.92 Å². The molecule has 21 heavy (non-hydrogen) atoms. The summed E-state index contributed by atoms with van der Waals surface area (Å²) in [6.45, 7) is 5.57. The fourth-order valence-corrected chi connectivity index (χ4v) is 3.72. The average Bonchev–Trinajstić information content (AvgIpc) is 2.83. The minimum Gasteiger partial charge on any atom is -0.379 e. The quantitative estimate of drug-likeness (QED) is 0.832. The molecule has 118 valence electrons. The lowest BCUT2D eigenvalue weighted by atomic mass is 10.0. The highest BCUT2D eigenvalue weighted by molar-refractivity contribution is 7.89. The van der Waals surface area contributed by atoms with Gasteiger partial charge in [0, 0.05) is 18.7 Å². The third-order valence-electron chi connectivity index (χ3n) is 3.49. The Morgan fingerprint density at radius 2 is 2.19 bits per heavy atom. The second kappa shape index (κ2) is 6.39. The first-order valence-corrected chi connectivity index (χ1v) is 8.45. The molecular weight excluding hydrogens is 295 g/mol. The van der Waals surface area contributed by atoms with E-state index in [-0.39, 0.29) is 4.90 Å². The maximum atomic E-state index is 13.7. The van der Waals surface area contributed by atoms with Crippen molar-refractivity contribution < 1.29 is 17.5 Å². The van der Waals surface area contributed by atoms with Gasteiger partial charge in [0.15, 0.2) is 0 Å². The Bertz CT molecular complexity index is 598. The molecule has 1 aliphatic rings. The van der Waals surface area contributed by atoms with Crippen LogP contribution in [-0.4, -0.2) is 33.7 Å². The first-order chi connectivity index (χ1) is 9.86. The van der Waals surface area contributed by atoms with Gasteiger partial charge in [-0.3, -0.25) is 0 Å². The Morgan fingerprint density at radius 1 is 1.43 bits per heavy atom. The summed E-state index contributed by atoms with van der Waals surface area (Å²) in [6, 6.07) is 3.85. The average molecular weight is 316 g/mol. The Kier molecular flexibility index (Phi) is 4.98. The summed E-state index contributed by atoms with van der Waals surface area (Å²) in [4.78, 5) is 0.0740. The molecule has 0 saturated carbocycles. The van der Waals surface area contributed by atoms with Crippen LogP contribution in [0.1, 0.15) is 25.8 Å². The van der Waals surface area contributed by atoms with Crippen LogP contribution in [0.4, 0.5) is 4.39 Å². The zero-order valence-corrected chi connectivity index (χ0v) is 13.1. The molecule has 1 aliphatic heterocycles. The molecule has 2 rings (SSSR count). The van der Waals surface area contributed by atoms with Gasteiger partial charge in [-0.1, -0.05) is 6.92 Å². The van der Waals surface area contributed by atoms with Gasteiger partial charge in [-0.2, -0.15) is 0 Å². The summed E-state index contributed by atoms with van der Waals surface area (Å²) in [5.74, 6) is -0.412. The van der Waals surface area contributed by atoms with Crippen LogP contribution in [0.3, 0.4) is 0 Å². The van der Waals surface area contributed by atoms with Crippen LogP contribution in [0.25, 0.3) is 0 Å². The molecule has 1 fully saturated rings. The molecule has 0 amide bonds. The number of ether oxygens (including phenoxy) is 1. The van der Waals surface area contributed by atoms with E-state index in [4.69, 9.17) is 4.74 Å². The molecule has 2 N–H and O–H groups in total. The topological polar surface area (TPSA) is 67.4 Å². The maximum Gasteiger partial charge on any atom is 0.241 e. The summed E-state index contributed by atoms with van der Waals surface area (Å²) in [7, 11) is -3.69. The third kappa shape index (κ3) is 4.00. The normalized spacial score (nSPS) is 22.6. The highest BCUT2D eigenvalue weighted by Gasteiger charge is 2.34. The second-order valence-corrected chi connectivity index (χ2v) is 7.18. The van der Waals surface area contributed by atoms with Crippen molar-refractivity contribution in [3.05, 3.63) is 29.6 Å². The van der Waals surface area contributed by atoms with Crippen molar-refractivity contribution in [2.24, 2.45) is 0 Å². The van der Waals surface area contributed by atoms with Crippen LogP contribution in [0, 0.1) is 5.82 Å². The lowest BCUT2D eigenvalue weighted by molar-refractivity contribution is 0.178. The number of hydrogen-bond donors (Lipinski definition) is 2. The molecule has 7 heteroatoms. The zero-order valence-electron chi connectivity index (χ0n) is 12.3. The summed E-state index contributed by atoms with van der Waals surface area (Å²) >= 11 is 0. The van der Waals surface area contributed by atoms with Crippen LogP contribution >= 0.6 is 0 Å². The first-order valence-electron chi connectivity index (χ1n) is 6.97. The molecule has 0 aromatic heterocycles. The number of nitrogens with one attached hydrogen (secondary N) is 2. The smallest absolute Gasteiger partial charge is 0.241 e. The lowest BCUT2D eigenvalue weighted by Crippen LogP contribution is -2.46. The molecule has 0 aliphatic carbocycles. The third-order valence-corrected chi connectivity index (χ3v) is 5.13. The summed E-state index contributed by atoms with van der Waals surface area (Å²) in [6.07, 6.45) is 0.623. The van der Waals surface area contributed by atoms with Crippen LogP contribution in [-0.2, 0) is 21.3 Å². The largest absolute Gasteiger partial charge is 0.379 e. The minimum absolute atomic E-state index is 0.0740. The van der Waals surface area contributed by atoms with Gasteiger partial charge >= 0.3 is 0 Å². The monoisotopic (exact) mass is 316 g/mol. The van der Waals surface area contributed by atoms with Crippen LogP contribution < -0.4 is 10.0 Å². The van der Waals surface area contributed by atoms with Crippen molar-refractivity contribution in [3.8, 4) is 0 Å². The minimum atomic E-state index is -3.69. The van der Waals surface area contributed by atoms with E-state index in [0.717, 1.165) is 0 Å². The van der Waals surface area contributed by atoms with Crippen molar-refractivity contribution in [2.75, 3.05) is 19.8 Å².